The van der Waals surface area contributed by atoms with Crippen molar-refractivity contribution in [1.82, 2.24) is 15.5 Å². The molecule has 0 radical (unpaired) electrons. The van der Waals surface area contributed by atoms with Crippen molar-refractivity contribution in [3.63, 3.8) is 0 Å². The molecule has 1 spiro atoms. The van der Waals surface area contributed by atoms with Gasteiger partial charge < -0.3 is 10.6 Å². The monoisotopic (exact) mass is 255 g/mol. The van der Waals surface area contributed by atoms with Crippen LogP contribution in [-0.4, -0.2) is 49.6 Å². The molecule has 6 heteroatoms. The molecule has 2 N–H and O–H groups in total. The highest BCUT2D eigenvalue weighted by Crippen LogP contribution is 2.26. The second-order valence-corrected chi connectivity index (χ2v) is 3.96. The molecule has 0 saturated carbocycles. The van der Waals surface area contributed by atoms with Crippen molar-refractivity contribution in [3.8, 4) is 0 Å². The van der Waals surface area contributed by atoms with Gasteiger partial charge in [-0.3, -0.25) is 9.69 Å². The van der Waals surface area contributed by atoms with Crippen LogP contribution in [0.3, 0.4) is 0 Å². The van der Waals surface area contributed by atoms with Crippen LogP contribution in [0, 0.1) is 0 Å². The molecule has 0 aromatic heterocycles. The van der Waals surface area contributed by atoms with Gasteiger partial charge >= 0.3 is 0 Å². The minimum atomic E-state index is -0.205. The Bertz CT molecular complexity index is 219. The van der Waals surface area contributed by atoms with E-state index in [9.17, 15) is 4.79 Å². The summed E-state index contributed by atoms with van der Waals surface area (Å²) in [4.78, 5) is 14.0. The van der Waals surface area contributed by atoms with Gasteiger partial charge in [-0.15, -0.1) is 24.8 Å². The topological polar surface area (TPSA) is 44.4 Å². The Kier molecular flexibility index (Phi) is 5.88. The lowest BCUT2D eigenvalue weighted by atomic mass is 9.84. The predicted octanol–water partition coefficient (Wildman–Crippen LogP) is 0.0138. The van der Waals surface area contributed by atoms with Crippen LogP contribution in [0.1, 0.15) is 12.8 Å². The van der Waals surface area contributed by atoms with Crippen LogP contribution in [0.4, 0.5) is 0 Å². The first-order chi connectivity index (χ1) is 6.26. The summed E-state index contributed by atoms with van der Waals surface area (Å²) in [6.45, 7) is 3.69. The van der Waals surface area contributed by atoms with Crippen molar-refractivity contribution in [3.05, 3.63) is 0 Å². The second kappa shape index (κ2) is 5.89. The van der Waals surface area contributed by atoms with Crippen LogP contribution >= 0.6 is 24.8 Å². The summed E-state index contributed by atoms with van der Waals surface area (Å²) < 4.78 is 0. The lowest BCUT2D eigenvalue weighted by Gasteiger charge is -2.46. The smallest absolute Gasteiger partial charge is 0.240 e. The molecule has 2 rings (SSSR count). The van der Waals surface area contributed by atoms with Gasteiger partial charge in [-0.1, -0.05) is 0 Å². The van der Waals surface area contributed by atoms with Gasteiger partial charge in [0.05, 0.1) is 0 Å². The van der Waals surface area contributed by atoms with E-state index in [1.54, 1.807) is 0 Å². The number of nitrogens with zero attached hydrogens (tertiary/aromatic N) is 1. The number of carbonyl (C=O) groups excluding carboxylic acids is 1. The molecule has 4 nitrogen and oxygen atoms in total. The van der Waals surface area contributed by atoms with Gasteiger partial charge in [-0.05, 0) is 33.0 Å². The van der Waals surface area contributed by atoms with Gasteiger partial charge in [0, 0.05) is 13.1 Å². The fraction of sp³-hybridized carbons (Fsp3) is 0.889. The molecule has 0 aromatic carbocycles. The zero-order valence-electron chi connectivity index (χ0n) is 8.91. The molecule has 0 unspecified atom stereocenters. The third-order valence-electron chi connectivity index (χ3n) is 3.32. The summed E-state index contributed by atoms with van der Waals surface area (Å²) in [7, 11) is 2.06. The van der Waals surface area contributed by atoms with Crippen LogP contribution in [0.5, 0.6) is 0 Å². The molecule has 90 valence electrons. The Morgan fingerprint density at radius 3 is 2.33 bits per heavy atom. The van der Waals surface area contributed by atoms with E-state index < -0.39 is 0 Å². The third-order valence-corrected chi connectivity index (χ3v) is 3.32. The minimum absolute atomic E-state index is 0. The number of likely N-dealkylation sites (N-methyl/N-ethyl adjacent to an activating group) is 1. The molecule has 1 amide bonds. The summed E-state index contributed by atoms with van der Waals surface area (Å²) in [5, 5.41) is 6.26. The SMILES string of the molecule is CN1CCNC(=O)C12CCNCC2.Cl.Cl. The van der Waals surface area contributed by atoms with E-state index in [4.69, 9.17) is 0 Å². The van der Waals surface area contributed by atoms with Crippen molar-refractivity contribution >= 4 is 30.7 Å². The number of carbonyl (C=O) groups is 1. The summed E-state index contributed by atoms with van der Waals surface area (Å²) in [5.74, 6) is 0.225. The Morgan fingerprint density at radius 2 is 1.80 bits per heavy atom. The van der Waals surface area contributed by atoms with E-state index in [0.717, 1.165) is 39.0 Å². The van der Waals surface area contributed by atoms with Crippen LogP contribution in [0.25, 0.3) is 0 Å². The molecule has 0 atom stereocenters. The van der Waals surface area contributed by atoms with Crippen LogP contribution in [-0.2, 0) is 4.79 Å². The molecular weight excluding hydrogens is 237 g/mol. The lowest BCUT2D eigenvalue weighted by molar-refractivity contribution is -0.138. The Balaban J connectivity index is 0.000000980. The Hall–Kier alpha value is -0.0300. The Labute approximate surface area is 103 Å². The van der Waals surface area contributed by atoms with Gasteiger partial charge in [0.1, 0.15) is 5.54 Å². The summed E-state index contributed by atoms with van der Waals surface area (Å²) in [6, 6.07) is 0. The fourth-order valence-corrected chi connectivity index (χ4v) is 2.34. The Morgan fingerprint density at radius 1 is 1.20 bits per heavy atom. The normalized spacial score (nSPS) is 25.0. The number of halogens is 2. The van der Waals surface area contributed by atoms with Gasteiger partial charge in [0.2, 0.25) is 5.91 Å². The number of amides is 1. The lowest BCUT2D eigenvalue weighted by Crippen LogP contribution is -2.66. The molecule has 2 aliphatic rings. The number of nitrogens with one attached hydrogen (secondary N) is 2. The molecule has 0 aromatic rings. The predicted molar refractivity (Wildman–Crippen MR) is 65.0 cm³/mol. The van der Waals surface area contributed by atoms with E-state index in [2.05, 4.69) is 22.6 Å². The van der Waals surface area contributed by atoms with E-state index in [-0.39, 0.29) is 36.3 Å². The third kappa shape index (κ3) is 2.56. The highest BCUT2D eigenvalue weighted by molar-refractivity contribution is 5.87. The molecule has 2 saturated heterocycles. The number of piperidine rings is 1. The van der Waals surface area contributed by atoms with Crippen molar-refractivity contribution in [2.75, 3.05) is 33.2 Å². The molecule has 15 heavy (non-hydrogen) atoms. The largest absolute Gasteiger partial charge is 0.353 e. The van der Waals surface area contributed by atoms with Crippen molar-refractivity contribution in [1.29, 1.82) is 0 Å². The fourth-order valence-electron chi connectivity index (χ4n) is 2.34. The number of piperazine rings is 1. The van der Waals surface area contributed by atoms with Crippen LogP contribution in [0.15, 0.2) is 0 Å². The molecular formula is C9H19Cl2N3O. The van der Waals surface area contributed by atoms with Crippen molar-refractivity contribution in [2.45, 2.75) is 18.4 Å². The number of hydrogen-bond donors (Lipinski definition) is 2. The number of hydrogen-bond acceptors (Lipinski definition) is 3. The van der Waals surface area contributed by atoms with Gasteiger partial charge in [0.15, 0.2) is 0 Å². The van der Waals surface area contributed by atoms with E-state index in [1.807, 2.05) is 0 Å². The second-order valence-electron chi connectivity index (χ2n) is 3.96. The minimum Gasteiger partial charge on any atom is -0.353 e. The quantitative estimate of drug-likeness (QED) is 0.642. The first-order valence-corrected chi connectivity index (χ1v) is 4.96. The van der Waals surface area contributed by atoms with E-state index in [1.165, 1.54) is 0 Å². The van der Waals surface area contributed by atoms with Crippen LogP contribution in [0.2, 0.25) is 0 Å². The van der Waals surface area contributed by atoms with Gasteiger partial charge in [-0.2, -0.15) is 0 Å². The zero-order valence-corrected chi connectivity index (χ0v) is 10.5. The first-order valence-electron chi connectivity index (χ1n) is 4.96. The zero-order chi connectivity index (χ0) is 9.31. The van der Waals surface area contributed by atoms with E-state index >= 15 is 0 Å². The first kappa shape index (κ1) is 15.0. The molecule has 2 heterocycles. The van der Waals surface area contributed by atoms with E-state index in [0.29, 0.717) is 0 Å². The molecule has 2 aliphatic heterocycles. The molecule has 2 fully saturated rings. The molecule has 0 bridgehead atoms. The van der Waals surface area contributed by atoms with Gasteiger partial charge in [0.25, 0.3) is 0 Å². The highest BCUT2D eigenvalue weighted by atomic mass is 35.5. The number of rotatable bonds is 0. The summed E-state index contributed by atoms with van der Waals surface area (Å²) in [6.07, 6.45) is 1.88. The summed E-state index contributed by atoms with van der Waals surface area (Å²) >= 11 is 0. The van der Waals surface area contributed by atoms with Crippen molar-refractivity contribution in [2.24, 2.45) is 0 Å². The summed E-state index contributed by atoms with van der Waals surface area (Å²) in [5.41, 5.74) is -0.205. The standard InChI is InChI=1S/C9H17N3O.2ClH/c1-12-7-6-11-8(13)9(12)2-4-10-5-3-9;;/h10H,2-7H2,1H3,(H,11,13);2*1H. The highest BCUT2D eigenvalue weighted by Gasteiger charge is 2.44. The maximum atomic E-state index is 11.8. The average Bonchev–Trinajstić information content (AvgIpc) is 2.16. The maximum Gasteiger partial charge on any atom is 0.240 e. The average molecular weight is 256 g/mol. The van der Waals surface area contributed by atoms with Crippen LogP contribution < -0.4 is 10.6 Å². The van der Waals surface area contributed by atoms with Crippen molar-refractivity contribution < 1.29 is 4.79 Å². The molecule has 0 aliphatic carbocycles. The maximum absolute atomic E-state index is 11.8. The van der Waals surface area contributed by atoms with Gasteiger partial charge in [-0.25, -0.2) is 0 Å².